The SMILES string of the molecule is O=C(O)C(=Cc1ccc(O)c(Br)c1)C(=O)O. The van der Waals surface area contributed by atoms with Gasteiger partial charge in [0.25, 0.3) is 0 Å². The Bertz CT molecular complexity index is 462. The molecule has 0 bridgehead atoms. The highest BCUT2D eigenvalue weighted by atomic mass is 79.9. The fourth-order valence-corrected chi connectivity index (χ4v) is 1.39. The highest BCUT2D eigenvalue weighted by Gasteiger charge is 2.15. The van der Waals surface area contributed by atoms with Gasteiger partial charge in [0.1, 0.15) is 11.3 Å². The van der Waals surface area contributed by atoms with Crippen molar-refractivity contribution in [2.45, 2.75) is 0 Å². The van der Waals surface area contributed by atoms with Crippen molar-refractivity contribution in [3.8, 4) is 5.75 Å². The maximum absolute atomic E-state index is 10.6. The molecule has 5 nitrogen and oxygen atoms in total. The molecule has 0 aromatic heterocycles. The Balaban J connectivity index is 3.18. The molecule has 0 spiro atoms. The van der Waals surface area contributed by atoms with Crippen LogP contribution in [0.1, 0.15) is 5.56 Å². The van der Waals surface area contributed by atoms with Crippen LogP contribution in [0.15, 0.2) is 28.2 Å². The zero-order valence-electron chi connectivity index (χ0n) is 7.85. The quantitative estimate of drug-likeness (QED) is 0.447. The van der Waals surface area contributed by atoms with Crippen molar-refractivity contribution in [2.75, 3.05) is 0 Å². The molecule has 0 aliphatic heterocycles. The molecule has 0 heterocycles. The van der Waals surface area contributed by atoms with Crippen LogP contribution in [-0.2, 0) is 9.59 Å². The molecule has 1 aromatic carbocycles. The third-order valence-corrected chi connectivity index (χ3v) is 2.38. The zero-order valence-corrected chi connectivity index (χ0v) is 9.43. The molecule has 16 heavy (non-hydrogen) atoms. The van der Waals surface area contributed by atoms with Gasteiger partial charge in [0.05, 0.1) is 4.47 Å². The molecule has 3 N–H and O–H groups in total. The molecule has 6 heteroatoms. The third-order valence-electron chi connectivity index (χ3n) is 1.74. The molecule has 0 radical (unpaired) electrons. The van der Waals surface area contributed by atoms with Crippen LogP contribution in [-0.4, -0.2) is 27.3 Å². The largest absolute Gasteiger partial charge is 0.507 e. The summed E-state index contributed by atoms with van der Waals surface area (Å²) in [7, 11) is 0. The molecule has 0 amide bonds. The number of hydrogen-bond donors (Lipinski definition) is 3. The van der Waals surface area contributed by atoms with Crippen molar-refractivity contribution < 1.29 is 24.9 Å². The predicted molar refractivity (Wildman–Crippen MR) is 59.1 cm³/mol. The van der Waals surface area contributed by atoms with Crippen molar-refractivity contribution in [1.29, 1.82) is 0 Å². The van der Waals surface area contributed by atoms with Gasteiger partial charge in [0.15, 0.2) is 0 Å². The summed E-state index contributed by atoms with van der Waals surface area (Å²) in [6.45, 7) is 0. The lowest BCUT2D eigenvalue weighted by molar-refractivity contribution is -0.139. The molecule has 1 aromatic rings. The van der Waals surface area contributed by atoms with Crippen LogP contribution < -0.4 is 0 Å². The lowest BCUT2D eigenvalue weighted by atomic mass is 10.1. The Hall–Kier alpha value is -1.82. The van der Waals surface area contributed by atoms with Crippen molar-refractivity contribution >= 4 is 33.9 Å². The number of rotatable bonds is 3. The number of carboxylic acids is 2. The standard InChI is InChI=1S/C10H7BrO5/c11-7-4-5(1-2-8(7)12)3-6(9(13)14)10(15)16/h1-4,12H,(H,13,14)(H,15,16). The molecule has 0 aliphatic carbocycles. The van der Waals surface area contributed by atoms with E-state index in [-0.39, 0.29) is 5.75 Å². The second-order valence-corrected chi connectivity index (χ2v) is 3.73. The first-order chi connectivity index (χ1) is 7.41. The number of phenolic OH excluding ortho intramolecular Hbond substituents is 1. The van der Waals surface area contributed by atoms with Gasteiger partial charge >= 0.3 is 11.9 Å². The van der Waals surface area contributed by atoms with Crippen LogP contribution in [0.4, 0.5) is 0 Å². The first-order valence-corrected chi connectivity index (χ1v) is 4.88. The van der Waals surface area contributed by atoms with Gasteiger partial charge in [0, 0.05) is 0 Å². The van der Waals surface area contributed by atoms with E-state index in [1.807, 2.05) is 0 Å². The molecule has 0 atom stereocenters. The topological polar surface area (TPSA) is 94.8 Å². The third kappa shape index (κ3) is 2.83. The van der Waals surface area contributed by atoms with Crippen LogP contribution >= 0.6 is 15.9 Å². The molecule has 0 saturated carbocycles. The van der Waals surface area contributed by atoms with Crippen molar-refractivity contribution in [2.24, 2.45) is 0 Å². The number of phenols is 1. The summed E-state index contributed by atoms with van der Waals surface area (Å²) in [4.78, 5) is 21.2. The predicted octanol–water partition coefficient (Wildman–Crippen LogP) is 1.71. The van der Waals surface area contributed by atoms with E-state index in [1.165, 1.54) is 18.2 Å². The summed E-state index contributed by atoms with van der Waals surface area (Å²) in [6.07, 6.45) is 1.01. The van der Waals surface area contributed by atoms with E-state index in [4.69, 9.17) is 10.2 Å². The van der Waals surface area contributed by atoms with Crippen LogP contribution in [0.5, 0.6) is 5.75 Å². The van der Waals surface area contributed by atoms with Crippen LogP contribution in [0.2, 0.25) is 0 Å². The smallest absolute Gasteiger partial charge is 0.343 e. The average molecular weight is 287 g/mol. The highest BCUT2D eigenvalue weighted by Crippen LogP contribution is 2.25. The Labute approximate surface area is 98.8 Å². The molecule has 0 aliphatic rings. The Morgan fingerprint density at radius 2 is 1.75 bits per heavy atom. The minimum atomic E-state index is -1.52. The monoisotopic (exact) mass is 286 g/mol. The molecule has 84 valence electrons. The van der Waals surface area contributed by atoms with Gasteiger partial charge < -0.3 is 15.3 Å². The first-order valence-electron chi connectivity index (χ1n) is 4.08. The number of carboxylic acid groups (broad SMARTS) is 2. The first kappa shape index (κ1) is 12.3. The van der Waals surface area contributed by atoms with Gasteiger partial charge in [-0.2, -0.15) is 0 Å². The fraction of sp³-hybridized carbons (Fsp3) is 0. The Morgan fingerprint density at radius 1 is 1.19 bits per heavy atom. The average Bonchev–Trinajstić information content (AvgIpc) is 2.18. The van der Waals surface area contributed by atoms with E-state index < -0.39 is 17.5 Å². The zero-order chi connectivity index (χ0) is 12.3. The van der Waals surface area contributed by atoms with Crippen molar-refractivity contribution in [3.05, 3.63) is 33.8 Å². The summed E-state index contributed by atoms with van der Waals surface area (Å²) >= 11 is 3.04. The second-order valence-electron chi connectivity index (χ2n) is 2.88. The molecule has 0 fully saturated rings. The van der Waals surface area contributed by atoms with Gasteiger partial charge in [-0.25, -0.2) is 9.59 Å². The lowest BCUT2D eigenvalue weighted by Crippen LogP contribution is -2.10. The van der Waals surface area contributed by atoms with E-state index in [1.54, 1.807) is 0 Å². The maximum Gasteiger partial charge on any atom is 0.343 e. The Morgan fingerprint density at radius 3 is 2.19 bits per heavy atom. The van der Waals surface area contributed by atoms with E-state index in [0.29, 0.717) is 10.0 Å². The molecule has 1 rings (SSSR count). The molecular formula is C10H7BrO5. The van der Waals surface area contributed by atoms with E-state index in [2.05, 4.69) is 15.9 Å². The van der Waals surface area contributed by atoms with E-state index in [0.717, 1.165) is 6.08 Å². The summed E-state index contributed by atoms with van der Waals surface area (Å²) in [5.41, 5.74) is -0.373. The van der Waals surface area contributed by atoms with Crippen molar-refractivity contribution in [3.63, 3.8) is 0 Å². The van der Waals surface area contributed by atoms with Gasteiger partial charge in [0.2, 0.25) is 0 Å². The van der Waals surface area contributed by atoms with Gasteiger partial charge in [-0.1, -0.05) is 6.07 Å². The number of hydrogen-bond acceptors (Lipinski definition) is 3. The molecule has 0 saturated heterocycles. The van der Waals surface area contributed by atoms with Crippen LogP contribution in [0.25, 0.3) is 6.08 Å². The number of carbonyl (C=O) groups is 2. The summed E-state index contributed by atoms with van der Waals surface area (Å²) in [6, 6.07) is 4.16. The van der Waals surface area contributed by atoms with Crippen LogP contribution in [0, 0.1) is 0 Å². The minimum Gasteiger partial charge on any atom is -0.507 e. The number of aromatic hydroxyl groups is 1. The molecular weight excluding hydrogens is 280 g/mol. The number of benzene rings is 1. The van der Waals surface area contributed by atoms with Gasteiger partial charge in [-0.15, -0.1) is 0 Å². The maximum atomic E-state index is 10.6. The minimum absolute atomic E-state index is 0.00986. The number of aliphatic carboxylic acids is 2. The fourth-order valence-electron chi connectivity index (χ4n) is 0.995. The van der Waals surface area contributed by atoms with E-state index >= 15 is 0 Å². The Kier molecular flexibility index (Phi) is 3.68. The lowest BCUT2D eigenvalue weighted by Gasteiger charge is -2.00. The van der Waals surface area contributed by atoms with Gasteiger partial charge in [-0.05, 0) is 39.7 Å². The summed E-state index contributed by atoms with van der Waals surface area (Å²) in [5, 5.41) is 26.4. The number of halogens is 1. The second kappa shape index (κ2) is 4.80. The summed E-state index contributed by atoms with van der Waals surface area (Å²) in [5.74, 6) is -3.04. The molecule has 0 unspecified atom stereocenters. The van der Waals surface area contributed by atoms with Gasteiger partial charge in [-0.3, -0.25) is 0 Å². The van der Waals surface area contributed by atoms with E-state index in [9.17, 15) is 14.7 Å². The van der Waals surface area contributed by atoms with Crippen molar-refractivity contribution in [1.82, 2.24) is 0 Å². The highest BCUT2D eigenvalue weighted by molar-refractivity contribution is 9.10. The summed E-state index contributed by atoms with van der Waals surface area (Å²) < 4.78 is 0.358. The van der Waals surface area contributed by atoms with Crippen LogP contribution in [0.3, 0.4) is 0 Å². The normalized spacial score (nSPS) is 9.56.